The summed E-state index contributed by atoms with van der Waals surface area (Å²) >= 11 is 1.02. The average molecular weight is 298 g/mol. The van der Waals surface area contributed by atoms with Crippen LogP contribution in [0.25, 0.3) is 22.2 Å². The van der Waals surface area contributed by atoms with Gasteiger partial charge in [0.05, 0.1) is 23.7 Å². The van der Waals surface area contributed by atoms with Crippen LogP contribution >= 0.6 is 11.3 Å². The molecule has 0 saturated carbocycles. The fourth-order valence-corrected chi connectivity index (χ4v) is 2.88. The molecule has 0 aliphatic heterocycles. The van der Waals surface area contributed by atoms with E-state index in [-0.39, 0.29) is 5.56 Å². The number of nitrogens with one attached hydrogen (secondary N) is 1. The van der Waals surface area contributed by atoms with Crippen LogP contribution in [-0.2, 0) is 6.18 Å². The number of aromatic nitrogens is 2. The number of H-pyrrole nitrogens is 1. The normalized spacial score (nSPS) is 12.0. The molecule has 3 heterocycles. The Kier molecular flexibility index (Phi) is 2.93. The Balaban J connectivity index is 2.23. The van der Waals surface area contributed by atoms with Crippen molar-refractivity contribution in [2.75, 3.05) is 7.11 Å². The molecule has 3 aromatic rings. The molecule has 3 nitrogen and oxygen atoms in total. The van der Waals surface area contributed by atoms with Crippen molar-refractivity contribution in [2.45, 2.75) is 6.18 Å². The second-order valence-corrected chi connectivity index (χ2v) is 4.89. The van der Waals surface area contributed by atoms with Gasteiger partial charge in [-0.25, -0.2) is 4.98 Å². The third kappa shape index (κ3) is 2.03. The number of aromatic amines is 1. The average Bonchev–Trinajstić information content (AvgIpc) is 3.02. The second kappa shape index (κ2) is 4.52. The van der Waals surface area contributed by atoms with Crippen molar-refractivity contribution < 1.29 is 17.9 Å². The number of ether oxygens (including phenoxy) is 1. The first-order valence-electron chi connectivity index (χ1n) is 5.66. The molecule has 7 heteroatoms. The molecule has 0 saturated heterocycles. The fraction of sp³-hybridized carbons (Fsp3) is 0.154. The van der Waals surface area contributed by atoms with Crippen LogP contribution in [0.2, 0.25) is 0 Å². The van der Waals surface area contributed by atoms with Crippen LogP contribution < -0.4 is 4.74 Å². The predicted octanol–water partition coefficient (Wildman–Crippen LogP) is 4.32. The van der Waals surface area contributed by atoms with Crippen molar-refractivity contribution in [3.05, 3.63) is 34.7 Å². The van der Waals surface area contributed by atoms with E-state index in [0.717, 1.165) is 16.7 Å². The van der Waals surface area contributed by atoms with Gasteiger partial charge in [-0.1, -0.05) is 0 Å². The minimum Gasteiger partial charge on any atom is -0.481 e. The number of hydrogen-bond donors (Lipinski definition) is 1. The molecular weight excluding hydrogens is 289 g/mol. The molecule has 3 aromatic heterocycles. The first kappa shape index (κ1) is 13.0. The van der Waals surface area contributed by atoms with Crippen LogP contribution in [0, 0.1) is 0 Å². The monoisotopic (exact) mass is 298 g/mol. The Morgan fingerprint density at radius 1 is 1.20 bits per heavy atom. The summed E-state index contributed by atoms with van der Waals surface area (Å²) in [6.45, 7) is 0. The van der Waals surface area contributed by atoms with Crippen molar-refractivity contribution in [2.24, 2.45) is 0 Å². The summed E-state index contributed by atoms with van der Waals surface area (Å²) in [7, 11) is 1.46. The van der Waals surface area contributed by atoms with Crippen molar-refractivity contribution in [3.63, 3.8) is 0 Å². The molecule has 0 atom stereocenters. The van der Waals surface area contributed by atoms with Crippen LogP contribution in [0.5, 0.6) is 5.88 Å². The van der Waals surface area contributed by atoms with E-state index >= 15 is 0 Å². The number of halogens is 3. The van der Waals surface area contributed by atoms with Crippen LogP contribution in [0.4, 0.5) is 13.2 Å². The first-order chi connectivity index (χ1) is 9.50. The quantitative estimate of drug-likeness (QED) is 0.765. The maximum Gasteiger partial charge on any atom is 0.417 e. The van der Waals surface area contributed by atoms with Gasteiger partial charge in [-0.2, -0.15) is 24.5 Å². The van der Waals surface area contributed by atoms with Crippen LogP contribution in [0.15, 0.2) is 29.1 Å². The lowest BCUT2D eigenvalue weighted by Gasteiger charge is -2.07. The number of thiophene rings is 1. The highest BCUT2D eigenvalue weighted by Gasteiger charge is 2.35. The van der Waals surface area contributed by atoms with Gasteiger partial charge >= 0.3 is 6.18 Å². The van der Waals surface area contributed by atoms with E-state index in [0.29, 0.717) is 22.5 Å². The predicted molar refractivity (Wildman–Crippen MR) is 71.0 cm³/mol. The summed E-state index contributed by atoms with van der Waals surface area (Å²) < 4.78 is 43.9. The van der Waals surface area contributed by atoms with Gasteiger partial charge in [-0.05, 0) is 11.4 Å². The van der Waals surface area contributed by atoms with Gasteiger partial charge < -0.3 is 9.72 Å². The van der Waals surface area contributed by atoms with Gasteiger partial charge in [0.2, 0.25) is 5.88 Å². The number of methoxy groups -OCH3 is 1. The van der Waals surface area contributed by atoms with E-state index in [1.807, 2.05) is 0 Å². The Morgan fingerprint density at radius 3 is 2.70 bits per heavy atom. The molecular formula is C13H9F3N2OS. The molecule has 104 valence electrons. The Morgan fingerprint density at radius 2 is 2.00 bits per heavy atom. The van der Waals surface area contributed by atoms with Crippen LogP contribution in [0.1, 0.15) is 5.56 Å². The molecule has 0 aliphatic rings. The molecule has 0 unspecified atom stereocenters. The highest BCUT2D eigenvalue weighted by molar-refractivity contribution is 7.08. The Labute approximate surface area is 116 Å². The minimum absolute atomic E-state index is 0.134. The first-order valence-corrected chi connectivity index (χ1v) is 6.61. The molecule has 0 bridgehead atoms. The van der Waals surface area contributed by atoms with Gasteiger partial charge in [0.15, 0.2) is 0 Å². The van der Waals surface area contributed by atoms with Gasteiger partial charge in [-0.3, -0.25) is 0 Å². The Hall–Kier alpha value is -2.02. The van der Waals surface area contributed by atoms with Gasteiger partial charge in [0.25, 0.3) is 0 Å². The highest BCUT2D eigenvalue weighted by Crippen LogP contribution is 2.41. The lowest BCUT2D eigenvalue weighted by atomic mass is 10.1. The second-order valence-electron chi connectivity index (χ2n) is 4.15. The van der Waals surface area contributed by atoms with Crippen molar-refractivity contribution >= 4 is 22.4 Å². The van der Waals surface area contributed by atoms with E-state index in [4.69, 9.17) is 4.74 Å². The molecule has 20 heavy (non-hydrogen) atoms. The van der Waals surface area contributed by atoms with E-state index in [2.05, 4.69) is 9.97 Å². The third-order valence-corrected chi connectivity index (χ3v) is 3.71. The lowest BCUT2D eigenvalue weighted by Crippen LogP contribution is -2.04. The van der Waals surface area contributed by atoms with Gasteiger partial charge in [0.1, 0.15) is 0 Å². The number of alkyl halides is 3. The number of rotatable bonds is 2. The number of nitrogens with zero attached hydrogens (tertiary/aromatic N) is 1. The van der Waals surface area contributed by atoms with Crippen molar-refractivity contribution in [1.82, 2.24) is 9.97 Å². The van der Waals surface area contributed by atoms with E-state index in [9.17, 15) is 13.2 Å². The SMILES string of the molecule is COc1ccc2[nH]cc(-c3cscc3C(F)(F)F)c2n1. The van der Waals surface area contributed by atoms with Gasteiger partial charge in [0, 0.05) is 28.8 Å². The van der Waals surface area contributed by atoms with E-state index in [1.165, 1.54) is 18.7 Å². The summed E-state index contributed by atoms with van der Waals surface area (Å²) in [6, 6.07) is 3.38. The highest BCUT2D eigenvalue weighted by atomic mass is 32.1. The summed E-state index contributed by atoms with van der Waals surface area (Å²) in [5.41, 5.74) is 1.04. The molecule has 0 amide bonds. The summed E-state index contributed by atoms with van der Waals surface area (Å²) in [6.07, 6.45) is -2.84. The third-order valence-electron chi connectivity index (χ3n) is 2.96. The Bertz CT molecular complexity index is 760. The number of pyridine rings is 1. The van der Waals surface area contributed by atoms with E-state index in [1.54, 1.807) is 12.1 Å². The molecule has 0 radical (unpaired) electrons. The molecule has 0 fully saturated rings. The molecule has 3 rings (SSSR count). The van der Waals surface area contributed by atoms with Crippen LogP contribution in [-0.4, -0.2) is 17.1 Å². The molecule has 1 N–H and O–H groups in total. The smallest absolute Gasteiger partial charge is 0.417 e. The zero-order valence-electron chi connectivity index (χ0n) is 10.3. The zero-order valence-corrected chi connectivity index (χ0v) is 11.1. The maximum atomic E-state index is 13.0. The summed E-state index contributed by atoms with van der Waals surface area (Å²) in [4.78, 5) is 7.14. The zero-order chi connectivity index (χ0) is 14.3. The topological polar surface area (TPSA) is 37.9 Å². The lowest BCUT2D eigenvalue weighted by molar-refractivity contribution is -0.136. The molecule has 0 aliphatic carbocycles. The number of hydrogen-bond acceptors (Lipinski definition) is 3. The fourth-order valence-electron chi connectivity index (χ4n) is 2.03. The van der Waals surface area contributed by atoms with Crippen LogP contribution in [0.3, 0.4) is 0 Å². The standard InChI is InChI=1S/C13H9F3N2OS/c1-19-11-3-2-10-12(18-11)7(4-17-10)8-5-20-6-9(8)13(14,15)16/h2-6,17H,1H3. The summed E-state index contributed by atoms with van der Waals surface area (Å²) in [5.74, 6) is 0.363. The van der Waals surface area contributed by atoms with Crippen molar-refractivity contribution in [1.29, 1.82) is 0 Å². The molecule has 0 spiro atoms. The molecule has 0 aromatic carbocycles. The number of fused-ring (bicyclic) bond motifs is 1. The van der Waals surface area contributed by atoms with Gasteiger partial charge in [-0.15, -0.1) is 0 Å². The largest absolute Gasteiger partial charge is 0.481 e. The minimum atomic E-state index is -4.38. The maximum absolute atomic E-state index is 13.0. The van der Waals surface area contributed by atoms with Crippen molar-refractivity contribution in [3.8, 4) is 17.0 Å². The summed E-state index contributed by atoms with van der Waals surface area (Å²) in [5, 5.41) is 2.58. The van der Waals surface area contributed by atoms with E-state index < -0.39 is 11.7 Å².